The Hall–Kier alpha value is -1.27. The van der Waals surface area contributed by atoms with E-state index in [9.17, 15) is 4.79 Å². The van der Waals surface area contributed by atoms with Gasteiger partial charge in [0.2, 0.25) is 5.91 Å². The molecule has 114 valence electrons. The Morgan fingerprint density at radius 3 is 2.71 bits per heavy atom. The second-order valence-electron chi connectivity index (χ2n) is 5.54. The topological polar surface area (TPSA) is 72.3 Å². The van der Waals surface area contributed by atoms with Gasteiger partial charge in [0.1, 0.15) is 4.99 Å². The van der Waals surface area contributed by atoms with Crippen molar-refractivity contribution in [3.8, 4) is 0 Å². The SMILES string of the molecule is CCSc1cccc(N2CCC(C)(C(N)=O)C2)c1C(N)=S. The summed E-state index contributed by atoms with van der Waals surface area (Å²) in [5, 5.41) is 0. The molecule has 1 amide bonds. The quantitative estimate of drug-likeness (QED) is 0.641. The van der Waals surface area contributed by atoms with Crippen molar-refractivity contribution in [1.29, 1.82) is 0 Å². The summed E-state index contributed by atoms with van der Waals surface area (Å²) in [7, 11) is 0. The van der Waals surface area contributed by atoms with Crippen molar-refractivity contribution in [2.75, 3.05) is 23.7 Å². The molecule has 4 N–H and O–H groups in total. The van der Waals surface area contributed by atoms with Gasteiger partial charge in [0.05, 0.1) is 5.41 Å². The van der Waals surface area contributed by atoms with Gasteiger partial charge in [0.15, 0.2) is 0 Å². The highest BCUT2D eigenvalue weighted by Crippen LogP contribution is 2.37. The van der Waals surface area contributed by atoms with Gasteiger partial charge < -0.3 is 16.4 Å². The van der Waals surface area contributed by atoms with Crippen molar-refractivity contribution < 1.29 is 4.79 Å². The van der Waals surface area contributed by atoms with Gasteiger partial charge in [-0.1, -0.05) is 25.2 Å². The van der Waals surface area contributed by atoms with E-state index >= 15 is 0 Å². The molecule has 4 nitrogen and oxygen atoms in total. The third-order valence-corrected chi connectivity index (χ3v) is 5.10. The summed E-state index contributed by atoms with van der Waals surface area (Å²) in [6, 6.07) is 6.06. The monoisotopic (exact) mass is 323 g/mol. The molecule has 1 fully saturated rings. The van der Waals surface area contributed by atoms with Crippen LogP contribution in [0.3, 0.4) is 0 Å². The molecular weight excluding hydrogens is 302 g/mol. The van der Waals surface area contributed by atoms with Crippen molar-refractivity contribution in [3.05, 3.63) is 23.8 Å². The number of carbonyl (C=O) groups excluding carboxylic acids is 1. The van der Waals surface area contributed by atoms with Gasteiger partial charge in [0, 0.05) is 29.2 Å². The van der Waals surface area contributed by atoms with E-state index in [1.807, 2.05) is 25.1 Å². The Morgan fingerprint density at radius 2 is 2.19 bits per heavy atom. The second-order valence-corrected chi connectivity index (χ2v) is 7.29. The van der Waals surface area contributed by atoms with Crippen LogP contribution >= 0.6 is 24.0 Å². The minimum atomic E-state index is -0.485. The number of benzene rings is 1. The van der Waals surface area contributed by atoms with Gasteiger partial charge in [-0.25, -0.2) is 0 Å². The van der Waals surface area contributed by atoms with Gasteiger partial charge in [0.25, 0.3) is 0 Å². The second kappa shape index (κ2) is 6.23. The standard InChI is InChI=1S/C15H21N3OS2/c1-3-21-11-6-4-5-10(12(11)13(16)20)18-8-7-15(2,9-18)14(17)19/h4-6H,3,7-9H2,1-2H3,(H2,16,20)(H2,17,19). The van der Waals surface area contributed by atoms with Crippen LogP contribution in [0.15, 0.2) is 23.1 Å². The molecule has 1 unspecified atom stereocenters. The van der Waals surface area contributed by atoms with Crippen LogP contribution in [-0.4, -0.2) is 29.7 Å². The number of amides is 1. The molecule has 0 saturated carbocycles. The predicted octanol–water partition coefficient (Wildman–Crippen LogP) is 2.13. The zero-order chi connectivity index (χ0) is 15.6. The van der Waals surface area contributed by atoms with Crippen LogP contribution in [-0.2, 0) is 4.79 Å². The Labute approximate surface area is 135 Å². The number of anilines is 1. The number of carbonyl (C=O) groups is 1. The molecule has 1 aromatic carbocycles. The maximum Gasteiger partial charge on any atom is 0.225 e. The molecule has 1 heterocycles. The molecule has 1 aromatic rings. The van der Waals surface area contributed by atoms with E-state index in [-0.39, 0.29) is 5.91 Å². The van der Waals surface area contributed by atoms with Gasteiger partial charge in [-0.2, -0.15) is 0 Å². The Kier molecular flexibility index (Phi) is 4.78. The number of thioether (sulfide) groups is 1. The predicted molar refractivity (Wildman–Crippen MR) is 92.9 cm³/mol. The minimum Gasteiger partial charge on any atom is -0.389 e. The summed E-state index contributed by atoms with van der Waals surface area (Å²) in [4.78, 5) is 15.3. The first kappa shape index (κ1) is 16.1. The molecule has 2 rings (SSSR count). The summed E-state index contributed by atoms with van der Waals surface area (Å²) in [6.45, 7) is 5.41. The van der Waals surface area contributed by atoms with Gasteiger partial charge in [-0.05, 0) is 31.2 Å². The summed E-state index contributed by atoms with van der Waals surface area (Å²) in [5.41, 5.74) is 12.9. The molecule has 0 spiro atoms. The average molecular weight is 323 g/mol. The van der Waals surface area contributed by atoms with E-state index in [2.05, 4.69) is 11.8 Å². The number of nitrogens with zero attached hydrogens (tertiary/aromatic N) is 1. The highest BCUT2D eigenvalue weighted by Gasteiger charge is 2.39. The smallest absolute Gasteiger partial charge is 0.225 e. The van der Waals surface area contributed by atoms with Crippen LogP contribution in [0.1, 0.15) is 25.8 Å². The van der Waals surface area contributed by atoms with Crippen molar-refractivity contribution in [2.24, 2.45) is 16.9 Å². The highest BCUT2D eigenvalue weighted by atomic mass is 32.2. The van der Waals surface area contributed by atoms with Crippen LogP contribution in [0.25, 0.3) is 0 Å². The number of rotatable bonds is 5. The van der Waals surface area contributed by atoms with E-state index in [0.29, 0.717) is 11.5 Å². The Bertz CT molecular complexity index is 576. The minimum absolute atomic E-state index is 0.249. The number of hydrogen-bond acceptors (Lipinski definition) is 4. The first-order chi connectivity index (χ1) is 9.89. The normalized spacial score (nSPS) is 21.5. The first-order valence-electron chi connectivity index (χ1n) is 6.99. The summed E-state index contributed by atoms with van der Waals surface area (Å²) >= 11 is 6.97. The zero-order valence-corrected chi connectivity index (χ0v) is 14.0. The van der Waals surface area contributed by atoms with Crippen molar-refractivity contribution >= 4 is 40.6 Å². The summed E-state index contributed by atoms with van der Waals surface area (Å²) in [6.07, 6.45) is 0.754. The molecular formula is C15H21N3OS2. The van der Waals surface area contributed by atoms with Crippen molar-refractivity contribution in [3.63, 3.8) is 0 Å². The fourth-order valence-electron chi connectivity index (χ4n) is 2.67. The van der Waals surface area contributed by atoms with Crippen LogP contribution in [0.5, 0.6) is 0 Å². The molecule has 1 aliphatic heterocycles. The van der Waals surface area contributed by atoms with E-state index in [0.717, 1.165) is 34.9 Å². The van der Waals surface area contributed by atoms with Crippen LogP contribution in [0.2, 0.25) is 0 Å². The molecule has 1 atom stereocenters. The lowest BCUT2D eigenvalue weighted by molar-refractivity contribution is -0.125. The molecule has 0 aliphatic carbocycles. The van der Waals surface area contributed by atoms with Gasteiger partial charge in [-0.15, -0.1) is 11.8 Å². The lowest BCUT2D eigenvalue weighted by Crippen LogP contribution is -2.37. The fraction of sp³-hybridized carbons (Fsp3) is 0.467. The third-order valence-electron chi connectivity index (χ3n) is 3.96. The molecule has 6 heteroatoms. The molecule has 0 aromatic heterocycles. The van der Waals surface area contributed by atoms with Gasteiger partial charge in [-0.3, -0.25) is 4.79 Å². The van der Waals surface area contributed by atoms with Gasteiger partial charge >= 0.3 is 0 Å². The van der Waals surface area contributed by atoms with E-state index < -0.39 is 5.41 Å². The molecule has 0 radical (unpaired) electrons. The lowest BCUT2D eigenvalue weighted by Gasteiger charge is -2.25. The number of nitrogens with two attached hydrogens (primary N) is 2. The number of primary amides is 1. The van der Waals surface area contributed by atoms with Crippen molar-refractivity contribution in [2.45, 2.75) is 25.2 Å². The largest absolute Gasteiger partial charge is 0.389 e. The fourth-order valence-corrected chi connectivity index (χ4v) is 3.80. The zero-order valence-electron chi connectivity index (χ0n) is 12.4. The maximum absolute atomic E-state index is 11.6. The molecule has 1 saturated heterocycles. The Morgan fingerprint density at radius 1 is 1.48 bits per heavy atom. The maximum atomic E-state index is 11.6. The highest BCUT2D eigenvalue weighted by molar-refractivity contribution is 7.99. The van der Waals surface area contributed by atoms with E-state index in [1.165, 1.54) is 0 Å². The number of hydrogen-bond donors (Lipinski definition) is 2. The van der Waals surface area contributed by atoms with Crippen LogP contribution in [0, 0.1) is 5.41 Å². The van der Waals surface area contributed by atoms with Crippen LogP contribution in [0.4, 0.5) is 5.69 Å². The molecule has 21 heavy (non-hydrogen) atoms. The molecule has 1 aliphatic rings. The number of thiocarbonyl (C=S) groups is 1. The lowest BCUT2D eigenvalue weighted by atomic mass is 9.89. The van der Waals surface area contributed by atoms with E-state index in [1.54, 1.807) is 11.8 Å². The summed E-state index contributed by atoms with van der Waals surface area (Å²) in [5.74, 6) is 0.707. The van der Waals surface area contributed by atoms with Crippen molar-refractivity contribution in [1.82, 2.24) is 0 Å². The third kappa shape index (κ3) is 3.16. The Balaban J connectivity index is 2.39. The van der Waals surface area contributed by atoms with E-state index in [4.69, 9.17) is 23.7 Å². The van der Waals surface area contributed by atoms with Crippen LogP contribution < -0.4 is 16.4 Å². The average Bonchev–Trinajstić information content (AvgIpc) is 2.82. The molecule has 0 bridgehead atoms. The first-order valence-corrected chi connectivity index (χ1v) is 8.39. The summed E-state index contributed by atoms with van der Waals surface area (Å²) < 4.78 is 0.